The Morgan fingerprint density at radius 3 is 2.61 bits per heavy atom. The molecule has 28 heavy (non-hydrogen) atoms. The van der Waals surface area contributed by atoms with Gasteiger partial charge >= 0.3 is 0 Å². The fourth-order valence-corrected chi connectivity index (χ4v) is 4.10. The van der Waals surface area contributed by atoms with Crippen LogP contribution in [0.15, 0.2) is 41.8 Å². The number of amides is 2. The van der Waals surface area contributed by atoms with Crippen LogP contribution in [0.4, 0.5) is 0 Å². The van der Waals surface area contributed by atoms with Crippen molar-refractivity contribution in [3.05, 3.63) is 57.8 Å². The van der Waals surface area contributed by atoms with Crippen molar-refractivity contribution in [2.45, 2.75) is 51.7 Å². The van der Waals surface area contributed by atoms with Crippen molar-refractivity contribution in [3.8, 4) is 0 Å². The average molecular weight is 400 g/mol. The van der Waals surface area contributed by atoms with Gasteiger partial charge in [0.05, 0.1) is 4.88 Å². The molecule has 0 aliphatic carbocycles. The molecule has 0 bridgehead atoms. The van der Waals surface area contributed by atoms with Crippen LogP contribution >= 0.6 is 11.3 Å². The van der Waals surface area contributed by atoms with Crippen molar-refractivity contribution in [2.75, 3.05) is 13.1 Å². The number of rotatable bonds is 8. The fourth-order valence-electron chi connectivity index (χ4n) is 3.46. The van der Waals surface area contributed by atoms with E-state index in [4.69, 9.17) is 0 Å². The summed E-state index contributed by atoms with van der Waals surface area (Å²) in [6, 6.07) is 12.8. The average Bonchev–Trinajstić information content (AvgIpc) is 3.24. The monoisotopic (exact) mass is 399 g/mol. The molecule has 1 unspecified atom stereocenters. The van der Waals surface area contributed by atoms with Crippen LogP contribution < -0.4 is 10.6 Å². The summed E-state index contributed by atoms with van der Waals surface area (Å²) < 4.78 is 0. The van der Waals surface area contributed by atoms with Crippen molar-refractivity contribution in [1.29, 1.82) is 0 Å². The normalized spacial score (nSPS) is 17.2. The zero-order valence-electron chi connectivity index (χ0n) is 16.4. The molecule has 6 heteroatoms. The van der Waals surface area contributed by atoms with Gasteiger partial charge in [-0.3, -0.25) is 14.5 Å². The fraction of sp³-hybridized carbons (Fsp3) is 0.455. The standard InChI is InChI=1S/C22H29N3O2S/c1-17-5-2-3-13-25(17)16-19-9-7-18(8-10-19)15-24-21(26)11-12-23-22(27)20-6-4-14-28-20/h4,6-10,14,17H,2-3,5,11-13,15-16H2,1H3,(H,23,27)(H,24,26). The first kappa shape index (κ1) is 20.6. The molecule has 0 saturated carbocycles. The molecule has 0 spiro atoms. The zero-order valence-corrected chi connectivity index (χ0v) is 17.3. The molecule has 2 amide bonds. The summed E-state index contributed by atoms with van der Waals surface area (Å²) in [5.41, 5.74) is 2.41. The Balaban J connectivity index is 1.36. The van der Waals surface area contributed by atoms with Crippen LogP contribution in [0.5, 0.6) is 0 Å². The number of likely N-dealkylation sites (tertiary alicyclic amines) is 1. The van der Waals surface area contributed by atoms with E-state index >= 15 is 0 Å². The van der Waals surface area contributed by atoms with E-state index in [0.717, 1.165) is 12.1 Å². The van der Waals surface area contributed by atoms with Crippen LogP contribution in [0, 0.1) is 0 Å². The number of carbonyl (C=O) groups excluding carboxylic acids is 2. The van der Waals surface area contributed by atoms with Gasteiger partial charge in [0.1, 0.15) is 0 Å². The summed E-state index contributed by atoms with van der Waals surface area (Å²) in [5.74, 6) is -0.181. The van der Waals surface area contributed by atoms with E-state index in [1.54, 1.807) is 6.07 Å². The van der Waals surface area contributed by atoms with E-state index in [1.165, 1.54) is 42.7 Å². The van der Waals surface area contributed by atoms with Gasteiger partial charge in [0.25, 0.3) is 5.91 Å². The Morgan fingerprint density at radius 1 is 1.11 bits per heavy atom. The molecule has 1 aromatic carbocycles. The minimum absolute atomic E-state index is 0.0577. The molecule has 2 N–H and O–H groups in total. The third-order valence-corrected chi connectivity index (χ3v) is 6.09. The number of piperidine rings is 1. The summed E-state index contributed by atoms with van der Waals surface area (Å²) in [5, 5.41) is 7.55. The summed E-state index contributed by atoms with van der Waals surface area (Å²) in [7, 11) is 0. The molecule has 5 nitrogen and oxygen atoms in total. The molecule has 2 heterocycles. The number of hydrogen-bond acceptors (Lipinski definition) is 4. The maximum Gasteiger partial charge on any atom is 0.261 e. The minimum Gasteiger partial charge on any atom is -0.352 e. The van der Waals surface area contributed by atoms with Gasteiger partial charge in [0.15, 0.2) is 0 Å². The van der Waals surface area contributed by atoms with Crippen molar-refractivity contribution < 1.29 is 9.59 Å². The first-order chi connectivity index (χ1) is 13.6. The van der Waals surface area contributed by atoms with Crippen LogP contribution in [0.2, 0.25) is 0 Å². The Kier molecular flexibility index (Phi) is 7.62. The van der Waals surface area contributed by atoms with Gasteiger partial charge in [-0.1, -0.05) is 36.8 Å². The SMILES string of the molecule is CC1CCCCN1Cc1ccc(CNC(=O)CCNC(=O)c2cccs2)cc1. The Bertz CT molecular complexity index is 759. The maximum atomic E-state index is 12.0. The second kappa shape index (κ2) is 10.4. The molecule has 1 aliphatic rings. The van der Waals surface area contributed by atoms with Gasteiger partial charge in [0.2, 0.25) is 5.91 Å². The summed E-state index contributed by atoms with van der Waals surface area (Å²) in [6.45, 7) is 5.35. The Labute approximate surface area is 171 Å². The van der Waals surface area contributed by atoms with Crippen molar-refractivity contribution in [2.24, 2.45) is 0 Å². The van der Waals surface area contributed by atoms with Gasteiger partial charge in [-0.05, 0) is 48.9 Å². The molecule has 3 rings (SSSR count). The van der Waals surface area contributed by atoms with Crippen molar-refractivity contribution >= 4 is 23.2 Å². The quantitative estimate of drug-likeness (QED) is 0.713. The van der Waals surface area contributed by atoms with Gasteiger partial charge in [-0.15, -0.1) is 11.3 Å². The lowest BCUT2D eigenvalue weighted by molar-refractivity contribution is -0.121. The first-order valence-corrected chi connectivity index (χ1v) is 10.9. The van der Waals surface area contributed by atoms with E-state index in [-0.39, 0.29) is 18.2 Å². The van der Waals surface area contributed by atoms with E-state index in [2.05, 4.69) is 46.7 Å². The van der Waals surface area contributed by atoms with E-state index < -0.39 is 0 Å². The van der Waals surface area contributed by atoms with Crippen LogP contribution in [-0.2, 0) is 17.9 Å². The second-order valence-corrected chi connectivity index (χ2v) is 8.34. The largest absolute Gasteiger partial charge is 0.352 e. The number of hydrogen-bond donors (Lipinski definition) is 2. The molecule has 0 radical (unpaired) electrons. The molecule has 1 atom stereocenters. The zero-order chi connectivity index (χ0) is 19.8. The molecule has 1 aromatic heterocycles. The third-order valence-electron chi connectivity index (χ3n) is 5.22. The summed E-state index contributed by atoms with van der Waals surface area (Å²) in [6.07, 6.45) is 4.20. The molecule has 1 fully saturated rings. The van der Waals surface area contributed by atoms with Crippen molar-refractivity contribution in [3.63, 3.8) is 0 Å². The third kappa shape index (κ3) is 6.17. The van der Waals surface area contributed by atoms with E-state index in [0.29, 0.717) is 24.0 Å². The predicted molar refractivity (Wildman–Crippen MR) is 113 cm³/mol. The number of benzene rings is 1. The highest BCUT2D eigenvalue weighted by Gasteiger charge is 2.17. The number of nitrogens with zero attached hydrogens (tertiary/aromatic N) is 1. The molecule has 1 aliphatic heterocycles. The highest BCUT2D eigenvalue weighted by atomic mass is 32.1. The van der Waals surface area contributed by atoms with Crippen LogP contribution in [-0.4, -0.2) is 35.8 Å². The topological polar surface area (TPSA) is 61.4 Å². The van der Waals surface area contributed by atoms with Gasteiger partial charge in [-0.25, -0.2) is 0 Å². The lowest BCUT2D eigenvalue weighted by Crippen LogP contribution is -2.36. The van der Waals surface area contributed by atoms with E-state index in [1.807, 2.05) is 11.4 Å². The number of thiophene rings is 1. The van der Waals surface area contributed by atoms with Gasteiger partial charge in [0, 0.05) is 32.1 Å². The lowest BCUT2D eigenvalue weighted by Gasteiger charge is -2.33. The van der Waals surface area contributed by atoms with Crippen LogP contribution in [0.3, 0.4) is 0 Å². The van der Waals surface area contributed by atoms with Crippen LogP contribution in [0.25, 0.3) is 0 Å². The summed E-state index contributed by atoms with van der Waals surface area (Å²) in [4.78, 5) is 27.0. The Hall–Kier alpha value is -2.18. The van der Waals surface area contributed by atoms with Crippen LogP contribution in [0.1, 0.15) is 53.4 Å². The Morgan fingerprint density at radius 2 is 1.89 bits per heavy atom. The van der Waals surface area contributed by atoms with Crippen molar-refractivity contribution in [1.82, 2.24) is 15.5 Å². The highest BCUT2D eigenvalue weighted by Crippen LogP contribution is 2.19. The van der Waals surface area contributed by atoms with Gasteiger partial charge in [-0.2, -0.15) is 0 Å². The number of carbonyl (C=O) groups is 2. The molecule has 1 saturated heterocycles. The van der Waals surface area contributed by atoms with Gasteiger partial charge < -0.3 is 10.6 Å². The second-order valence-electron chi connectivity index (χ2n) is 7.39. The highest BCUT2D eigenvalue weighted by molar-refractivity contribution is 7.12. The van der Waals surface area contributed by atoms with E-state index in [9.17, 15) is 9.59 Å². The molecule has 150 valence electrons. The summed E-state index contributed by atoms with van der Waals surface area (Å²) >= 11 is 1.39. The maximum absolute atomic E-state index is 12.0. The predicted octanol–water partition coefficient (Wildman–Crippen LogP) is 3.56. The lowest BCUT2D eigenvalue weighted by atomic mass is 10.0. The molecular weight excluding hydrogens is 370 g/mol. The molecular formula is C22H29N3O2S. The molecule has 2 aromatic rings. The first-order valence-electron chi connectivity index (χ1n) is 10.0. The minimum atomic E-state index is -0.124. The smallest absolute Gasteiger partial charge is 0.261 e. The number of nitrogens with one attached hydrogen (secondary N) is 2.